The Labute approximate surface area is 215 Å². The molecule has 2 aromatic carbocycles. The smallest absolute Gasteiger partial charge is 0.389 e. The number of hydrogen-bond acceptors (Lipinski definition) is 7. The van der Waals surface area contributed by atoms with E-state index in [9.17, 15) is 14.4 Å². The molecule has 0 radical (unpaired) electrons. The van der Waals surface area contributed by atoms with Crippen LogP contribution in [0.1, 0.15) is 0 Å². The molecule has 4 aromatic rings. The first-order valence-corrected chi connectivity index (χ1v) is 11.7. The van der Waals surface area contributed by atoms with Gasteiger partial charge in [-0.1, -0.05) is 23.7 Å². The van der Waals surface area contributed by atoms with E-state index in [-0.39, 0.29) is 30.8 Å². The lowest BCUT2D eigenvalue weighted by molar-refractivity contribution is -0.125. The molecule has 12 heteroatoms. The molecule has 1 fully saturated rings. The van der Waals surface area contributed by atoms with Crippen molar-refractivity contribution in [2.45, 2.75) is 6.54 Å². The lowest BCUT2D eigenvalue weighted by Gasteiger charge is -2.26. The maximum absolute atomic E-state index is 12.6. The number of rotatable bonds is 6. The fourth-order valence-electron chi connectivity index (χ4n) is 3.81. The van der Waals surface area contributed by atoms with Crippen LogP contribution in [0.15, 0.2) is 66.9 Å². The van der Waals surface area contributed by atoms with E-state index in [1.54, 1.807) is 65.6 Å². The number of hydrogen-bond donors (Lipinski definition) is 2. The molecule has 2 N–H and O–H groups in total. The summed E-state index contributed by atoms with van der Waals surface area (Å²) in [6, 6.07) is 17.1. The summed E-state index contributed by atoms with van der Waals surface area (Å²) < 4.78 is 12.1. The molecule has 0 bridgehead atoms. The van der Waals surface area contributed by atoms with Gasteiger partial charge in [0.05, 0.1) is 22.5 Å². The molecule has 1 aliphatic rings. The van der Waals surface area contributed by atoms with Gasteiger partial charge in [0.15, 0.2) is 0 Å². The van der Waals surface area contributed by atoms with E-state index >= 15 is 0 Å². The van der Waals surface area contributed by atoms with E-state index in [4.69, 9.17) is 21.1 Å². The van der Waals surface area contributed by atoms with Crippen LogP contribution in [0.5, 0.6) is 5.88 Å². The van der Waals surface area contributed by atoms with Crippen LogP contribution in [0.25, 0.3) is 10.9 Å². The maximum atomic E-state index is 12.6. The van der Waals surface area contributed by atoms with Crippen LogP contribution in [0, 0.1) is 0 Å². The minimum absolute atomic E-state index is 0.0482. The predicted octanol–water partition coefficient (Wildman–Crippen LogP) is 3.70. The van der Waals surface area contributed by atoms with E-state index in [2.05, 4.69) is 20.7 Å². The average molecular weight is 521 g/mol. The predicted molar refractivity (Wildman–Crippen MR) is 137 cm³/mol. The summed E-state index contributed by atoms with van der Waals surface area (Å²) in [7, 11) is 0. The highest BCUT2D eigenvalue weighted by Crippen LogP contribution is 2.26. The number of nitrogens with zero attached hydrogens (tertiary/aromatic N) is 4. The second kappa shape index (κ2) is 10.6. The normalized spacial score (nSPS) is 13.4. The molecule has 11 nitrogen and oxygen atoms in total. The van der Waals surface area contributed by atoms with Crippen molar-refractivity contribution in [1.29, 1.82) is 0 Å². The number of para-hydroxylation sites is 1. The lowest BCUT2D eigenvalue weighted by Crippen LogP contribution is -2.41. The van der Waals surface area contributed by atoms with Gasteiger partial charge in [-0.25, -0.2) is 9.78 Å². The number of fused-ring (bicyclic) bond motifs is 1. The first-order valence-electron chi connectivity index (χ1n) is 11.3. The quantitative estimate of drug-likeness (QED) is 0.397. The van der Waals surface area contributed by atoms with E-state index in [1.165, 1.54) is 10.9 Å². The molecular formula is C25H21ClN6O5. The van der Waals surface area contributed by atoms with Crippen LogP contribution in [-0.4, -0.2) is 52.4 Å². The number of halogens is 1. The summed E-state index contributed by atoms with van der Waals surface area (Å²) >= 11 is 5.83. The third-order valence-corrected chi connectivity index (χ3v) is 5.74. The van der Waals surface area contributed by atoms with Crippen molar-refractivity contribution in [1.82, 2.24) is 14.8 Å². The number of aromatic nitrogens is 3. The molecule has 0 spiro atoms. The molecule has 0 aliphatic carbocycles. The SMILES string of the molecule is O=C(Cn1nc(OC(=O)Nc2ccc(N3CCOCC3=O)cc2)c2ccccc21)Nc1ccc(Cl)cn1. The highest BCUT2D eigenvalue weighted by Gasteiger charge is 2.20. The van der Waals surface area contributed by atoms with Gasteiger partial charge in [-0.15, -0.1) is 5.10 Å². The van der Waals surface area contributed by atoms with Crippen molar-refractivity contribution >= 4 is 57.6 Å². The highest BCUT2D eigenvalue weighted by atomic mass is 35.5. The van der Waals surface area contributed by atoms with Gasteiger partial charge in [0, 0.05) is 24.1 Å². The molecule has 0 saturated carbocycles. The van der Waals surface area contributed by atoms with Gasteiger partial charge >= 0.3 is 6.09 Å². The molecule has 3 heterocycles. The van der Waals surface area contributed by atoms with Gasteiger partial charge < -0.3 is 19.7 Å². The third-order valence-electron chi connectivity index (χ3n) is 5.51. The van der Waals surface area contributed by atoms with Crippen molar-refractivity contribution in [3.63, 3.8) is 0 Å². The van der Waals surface area contributed by atoms with Crippen LogP contribution in [-0.2, 0) is 20.9 Å². The van der Waals surface area contributed by atoms with Gasteiger partial charge in [0.1, 0.15) is 19.0 Å². The van der Waals surface area contributed by atoms with Crippen LogP contribution in [0.2, 0.25) is 5.02 Å². The summed E-state index contributed by atoms with van der Waals surface area (Å²) in [5.41, 5.74) is 1.81. The molecule has 1 saturated heterocycles. The number of benzene rings is 2. The second-order valence-corrected chi connectivity index (χ2v) is 8.49. The molecule has 0 atom stereocenters. The number of ether oxygens (including phenoxy) is 2. The zero-order chi connectivity index (χ0) is 25.8. The van der Waals surface area contributed by atoms with Gasteiger partial charge in [-0.3, -0.25) is 19.6 Å². The fraction of sp³-hybridized carbons (Fsp3) is 0.160. The molecule has 5 rings (SSSR count). The van der Waals surface area contributed by atoms with Crippen molar-refractivity contribution in [3.05, 3.63) is 71.9 Å². The van der Waals surface area contributed by atoms with Crippen molar-refractivity contribution in [3.8, 4) is 5.88 Å². The Balaban J connectivity index is 1.26. The number of amides is 3. The average Bonchev–Trinajstić information content (AvgIpc) is 3.23. The van der Waals surface area contributed by atoms with Crippen LogP contribution in [0.4, 0.5) is 22.0 Å². The van der Waals surface area contributed by atoms with Crippen molar-refractivity contribution in [2.75, 3.05) is 35.3 Å². The van der Waals surface area contributed by atoms with Gasteiger partial charge in [-0.05, 0) is 48.5 Å². The monoisotopic (exact) mass is 520 g/mol. The minimum atomic E-state index is -0.750. The Kier molecular flexibility index (Phi) is 6.97. The summed E-state index contributed by atoms with van der Waals surface area (Å²) in [5, 5.41) is 10.7. The van der Waals surface area contributed by atoms with E-state index in [1.807, 2.05) is 0 Å². The van der Waals surface area contributed by atoms with E-state index in [0.29, 0.717) is 46.3 Å². The number of carbonyl (C=O) groups excluding carboxylic acids is 3. The second-order valence-electron chi connectivity index (χ2n) is 8.05. The molecular weight excluding hydrogens is 500 g/mol. The Bertz CT molecular complexity index is 1450. The zero-order valence-corrected chi connectivity index (χ0v) is 20.1. The topological polar surface area (TPSA) is 128 Å². The van der Waals surface area contributed by atoms with Gasteiger partial charge in [-0.2, -0.15) is 0 Å². The number of anilines is 3. The largest absolute Gasteiger partial charge is 0.418 e. The summed E-state index contributed by atoms with van der Waals surface area (Å²) in [5.74, 6) is -0.0726. The maximum Gasteiger partial charge on any atom is 0.418 e. The van der Waals surface area contributed by atoms with Crippen molar-refractivity contribution in [2.24, 2.45) is 0 Å². The van der Waals surface area contributed by atoms with E-state index in [0.717, 1.165) is 0 Å². The van der Waals surface area contributed by atoms with Gasteiger partial charge in [0.2, 0.25) is 5.91 Å². The summed E-state index contributed by atoms with van der Waals surface area (Å²) in [6.07, 6.45) is 0.682. The molecule has 2 aromatic heterocycles. The Hall–Kier alpha value is -4.48. The molecule has 1 aliphatic heterocycles. The van der Waals surface area contributed by atoms with E-state index < -0.39 is 6.09 Å². The number of morpholine rings is 1. The zero-order valence-electron chi connectivity index (χ0n) is 19.4. The highest BCUT2D eigenvalue weighted by molar-refractivity contribution is 6.30. The number of nitrogens with one attached hydrogen (secondary N) is 2. The standard InChI is InChI=1S/C25H21ClN6O5/c26-16-5-10-21(27-13-16)29-22(33)14-32-20-4-2-1-3-19(20)24(30-32)37-25(35)28-17-6-8-18(9-7-17)31-11-12-36-15-23(31)34/h1-10,13H,11-12,14-15H2,(H,28,35)(H,27,29,33). The Morgan fingerprint density at radius 2 is 1.86 bits per heavy atom. The summed E-state index contributed by atoms with van der Waals surface area (Å²) in [4.78, 5) is 42.8. The van der Waals surface area contributed by atoms with Crippen LogP contribution >= 0.6 is 11.6 Å². The van der Waals surface area contributed by atoms with Crippen LogP contribution < -0.4 is 20.3 Å². The first kappa shape index (κ1) is 24.2. The lowest BCUT2D eigenvalue weighted by atomic mass is 10.2. The third kappa shape index (κ3) is 5.68. The molecule has 188 valence electrons. The fourth-order valence-corrected chi connectivity index (χ4v) is 3.92. The Morgan fingerprint density at radius 1 is 1.05 bits per heavy atom. The first-order chi connectivity index (χ1) is 18.0. The molecule has 0 unspecified atom stereocenters. The molecule has 37 heavy (non-hydrogen) atoms. The number of carbonyl (C=O) groups is 3. The van der Waals surface area contributed by atoms with Gasteiger partial charge in [0.25, 0.3) is 11.8 Å². The van der Waals surface area contributed by atoms with Crippen molar-refractivity contribution < 1.29 is 23.9 Å². The van der Waals surface area contributed by atoms with Crippen LogP contribution in [0.3, 0.4) is 0 Å². The number of pyridine rings is 1. The molecule has 3 amide bonds. The minimum Gasteiger partial charge on any atom is -0.389 e. The Morgan fingerprint density at radius 3 is 2.62 bits per heavy atom. The summed E-state index contributed by atoms with van der Waals surface area (Å²) in [6.45, 7) is 0.861.